The highest BCUT2D eigenvalue weighted by Crippen LogP contribution is 2.39. The second-order valence-corrected chi connectivity index (χ2v) is 5.62. The molecule has 1 aromatic carbocycles. The summed E-state index contributed by atoms with van der Waals surface area (Å²) in [6, 6.07) is 5.64. The molecule has 1 aromatic rings. The van der Waals surface area contributed by atoms with Gasteiger partial charge in [-0.15, -0.1) is 0 Å². The quantitative estimate of drug-likeness (QED) is 0.817. The number of Topliss-reactive ketones (excluding diaryl/α,β-unsaturated/α-hetero) is 1. The van der Waals surface area contributed by atoms with Gasteiger partial charge in [-0.2, -0.15) is 5.26 Å². The predicted molar refractivity (Wildman–Crippen MR) is 76.8 cm³/mol. The van der Waals surface area contributed by atoms with E-state index in [1.807, 2.05) is 0 Å². The number of ether oxygens (including phenoxy) is 1. The van der Waals surface area contributed by atoms with Gasteiger partial charge in [-0.05, 0) is 44.7 Å². The number of amides is 1. The van der Waals surface area contributed by atoms with Gasteiger partial charge in [0.15, 0.2) is 12.4 Å². The minimum Gasteiger partial charge on any atom is -0.483 e. The van der Waals surface area contributed by atoms with Crippen molar-refractivity contribution in [3.8, 4) is 11.8 Å². The van der Waals surface area contributed by atoms with Gasteiger partial charge in [-0.1, -0.05) is 0 Å². The Balaban J connectivity index is 2.01. The highest BCUT2D eigenvalue weighted by atomic mass is 19.1. The molecule has 0 bridgehead atoms. The zero-order valence-electron chi connectivity index (χ0n) is 12.5. The summed E-state index contributed by atoms with van der Waals surface area (Å²) >= 11 is 0. The van der Waals surface area contributed by atoms with Crippen LogP contribution in [0.2, 0.25) is 0 Å². The smallest absolute Gasteiger partial charge is 0.259 e. The maximum atomic E-state index is 13.2. The number of nitriles is 1. The van der Waals surface area contributed by atoms with Gasteiger partial charge in [0, 0.05) is 6.07 Å². The molecule has 1 unspecified atom stereocenters. The van der Waals surface area contributed by atoms with E-state index < -0.39 is 17.3 Å². The second kappa shape index (κ2) is 6.14. The Kier molecular flexibility index (Phi) is 4.45. The molecule has 1 fully saturated rings. The average Bonchev–Trinajstić information content (AvgIpc) is 3.29. The van der Waals surface area contributed by atoms with Crippen LogP contribution in [0.15, 0.2) is 18.2 Å². The second-order valence-electron chi connectivity index (χ2n) is 5.62. The van der Waals surface area contributed by atoms with Gasteiger partial charge in [0.1, 0.15) is 17.1 Å². The molecule has 0 radical (unpaired) electrons. The van der Waals surface area contributed by atoms with Gasteiger partial charge in [0.05, 0.1) is 11.6 Å². The average molecular weight is 304 g/mol. The minimum atomic E-state index is -0.911. The van der Waals surface area contributed by atoms with Crippen molar-refractivity contribution >= 4 is 11.7 Å². The van der Waals surface area contributed by atoms with Crippen molar-refractivity contribution in [1.82, 2.24) is 5.32 Å². The molecule has 1 N–H and O–H groups in total. The molecule has 0 saturated heterocycles. The minimum absolute atomic E-state index is 0.0210. The standard InChI is InChI=1S/C16H17FN2O3/c1-10(20)13-6-5-12(17)7-14(13)22-8-15(21)19-16(2,9-18)11-3-4-11/h5-7,11H,3-4,8H2,1-2H3,(H,19,21). The van der Waals surface area contributed by atoms with Crippen LogP contribution < -0.4 is 10.1 Å². The third kappa shape index (κ3) is 3.61. The Hall–Kier alpha value is -2.42. The molecular formula is C16H17FN2O3. The molecule has 0 aliphatic heterocycles. The summed E-state index contributed by atoms with van der Waals surface area (Å²) in [6.45, 7) is 2.62. The van der Waals surface area contributed by atoms with E-state index in [0.29, 0.717) is 0 Å². The molecule has 1 aliphatic carbocycles. The third-order valence-electron chi connectivity index (χ3n) is 3.71. The molecule has 6 heteroatoms. The lowest BCUT2D eigenvalue weighted by Crippen LogP contribution is -2.48. The van der Waals surface area contributed by atoms with E-state index in [1.54, 1.807) is 6.92 Å². The van der Waals surface area contributed by atoms with Crippen molar-refractivity contribution in [3.05, 3.63) is 29.6 Å². The molecule has 0 heterocycles. The molecule has 1 aliphatic rings. The van der Waals surface area contributed by atoms with E-state index in [1.165, 1.54) is 13.0 Å². The van der Waals surface area contributed by atoms with Crippen LogP contribution in [0, 0.1) is 23.1 Å². The maximum Gasteiger partial charge on any atom is 0.259 e. The van der Waals surface area contributed by atoms with E-state index in [4.69, 9.17) is 4.74 Å². The Morgan fingerprint density at radius 3 is 2.73 bits per heavy atom. The van der Waals surface area contributed by atoms with Crippen molar-refractivity contribution in [1.29, 1.82) is 5.26 Å². The van der Waals surface area contributed by atoms with Crippen LogP contribution in [0.1, 0.15) is 37.0 Å². The molecule has 1 amide bonds. The van der Waals surface area contributed by atoms with E-state index in [2.05, 4.69) is 11.4 Å². The number of ketones is 1. The van der Waals surface area contributed by atoms with Crippen LogP contribution >= 0.6 is 0 Å². The monoisotopic (exact) mass is 304 g/mol. The van der Waals surface area contributed by atoms with Crippen LogP contribution in [-0.2, 0) is 4.79 Å². The highest BCUT2D eigenvalue weighted by molar-refractivity contribution is 5.96. The van der Waals surface area contributed by atoms with Crippen LogP contribution in [0.25, 0.3) is 0 Å². The molecule has 0 spiro atoms. The first-order chi connectivity index (χ1) is 10.4. The first-order valence-corrected chi connectivity index (χ1v) is 7.01. The lowest BCUT2D eigenvalue weighted by atomic mass is 9.98. The normalized spacial score (nSPS) is 16.3. The topological polar surface area (TPSA) is 79.2 Å². The van der Waals surface area contributed by atoms with Gasteiger partial charge < -0.3 is 10.1 Å². The molecule has 22 heavy (non-hydrogen) atoms. The number of hydrogen-bond donors (Lipinski definition) is 1. The number of carbonyl (C=O) groups excluding carboxylic acids is 2. The van der Waals surface area contributed by atoms with Gasteiger partial charge in [0.25, 0.3) is 5.91 Å². The number of carbonyl (C=O) groups is 2. The fourth-order valence-corrected chi connectivity index (χ4v) is 2.26. The van der Waals surface area contributed by atoms with Gasteiger partial charge in [0.2, 0.25) is 0 Å². The zero-order valence-corrected chi connectivity index (χ0v) is 12.5. The maximum absolute atomic E-state index is 13.2. The number of halogens is 1. The van der Waals surface area contributed by atoms with Crippen molar-refractivity contribution in [2.75, 3.05) is 6.61 Å². The number of hydrogen-bond acceptors (Lipinski definition) is 4. The fraction of sp³-hybridized carbons (Fsp3) is 0.438. The lowest BCUT2D eigenvalue weighted by molar-refractivity contribution is -0.124. The summed E-state index contributed by atoms with van der Waals surface area (Å²) in [6.07, 6.45) is 1.81. The summed E-state index contributed by atoms with van der Waals surface area (Å²) in [5.74, 6) is -1.14. The summed E-state index contributed by atoms with van der Waals surface area (Å²) in [4.78, 5) is 23.4. The van der Waals surface area contributed by atoms with Crippen LogP contribution in [0.5, 0.6) is 5.75 Å². The largest absolute Gasteiger partial charge is 0.483 e. The molecular weight excluding hydrogens is 287 g/mol. The van der Waals surface area contributed by atoms with E-state index in [-0.39, 0.29) is 29.6 Å². The Bertz CT molecular complexity index is 649. The predicted octanol–water partition coefficient (Wildman–Crippen LogP) is 2.22. The number of nitrogens with zero attached hydrogens (tertiary/aromatic N) is 1. The molecule has 1 saturated carbocycles. The van der Waals surface area contributed by atoms with E-state index in [9.17, 15) is 19.2 Å². The fourth-order valence-electron chi connectivity index (χ4n) is 2.26. The summed E-state index contributed by atoms with van der Waals surface area (Å²) in [5, 5.41) is 11.8. The van der Waals surface area contributed by atoms with Gasteiger partial charge in [-0.25, -0.2) is 4.39 Å². The summed E-state index contributed by atoms with van der Waals surface area (Å²) in [5.41, 5.74) is -0.703. The molecule has 5 nitrogen and oxygen atoms in total. The van der Waals surface area contributed by atoms with Crippen LogP contribution in [0.4, 0.5) is 4.39 Å². The van der Waals surface area contributed by atoms with Crippen molar-refractivity contribution in [3.63, 3.8) is 0 Å². The highest BCUT2D eigenvalue weighted by Gasteiger charge is 2.43. The Morgan fingerprint density at radius 1 is 1.50 bits per heavy atom. The first-order valence-electron chi connectivity index (χ1n) is 7.01. The molecule has 0 aromatic heterocycles. The van der Waals surface area contributed by atoms with Crippen LogP contribution in [-0.4, -0.2) is 23.8 Å². The Labute approximate surface area is 128 Å². The molecule has 116 valence electrons. The van der Waals surface area contributed by atoms with Crippen LogP contribution in [0.3, 0.4) is 0 Å². The number of benzene rings is 1. The Morgan fingerprint density at radius 2 is 2.18 bits per heavy atom. The molecule has 2 rings (SSSR count). The van der Waals surface area contributed by atoms with Gasteiger partial charge in [-0.3, -0.25) is 9.59 Å². The zero-order chi connectivity index (χ0) is 16.3. The summed E-state index contributed by atoms with van der Waals surface area (Å²) < 4.78 is 18.5. The molecule has 1 atom stereocenters. The van der Waals surface area contributed by atoms with E-state index >= 15 is 0 Å². The van der Waals surface area contributed by atoms with Gasteiger partial charge >= 0.3 is 0 Å². The first kappa shape index (κ1) is 16.0. The summed E-state index contributed by atoms with van der Waals surface area (Å²) in [7, 11) is 0. The SMILES string of the molecule is CC(=O)c1ccc(F)cc1OCC(=O)NC(C)(C#N)C1CC1. The van der Waals surface area contributed by atoms with Crippen molar-refractivity contribution in [2.45, 2.75) is 32.2 Å². The number of rotatable bonds is 6. The van der Waals surface area contributed by atoms with E-state index in [0.717, 1.165) is 25.0 Å². The lowest BCUT2D eigenvalue weighted by Gasteiger charge is -2.23. The third-order valence-corrected chi connectivity index (χ3v) is 3.71. The number of nitrogens with one attached hydrogen (secondary N) is 1. The van der Waals surface area contributed by atoms with Crippen molar-refractivity contribution in [2.24, 2.45) is 5.92 Å². The van der Waals surface area contributed by atoms with Crippen molar-refractivity contribution < 1.29 is 18.7 Å².